The zero-order valence-corrected chi connectivity index (χ0v) is 34.3. The van der Waals surface area contributed by atoms with E-state index in [4.69, 9.17) is 5.11 Å². The predicted molar refractivity (Wildman–Crippen MR) is 225 cm³/mol. The normalized spacial score (nSPS) is 15.5. The minimum Gasteiger partial charge on any atom is -0.481 e. The van der Waals surface area contributed by atoms with Crippen molar-refractivity contribution in [3.05, 3.63) is 83.4 Å². The summed E-state index contributed by atoms with van der Waals surface area (Å²) >= 11 is 0. The molecule has 0 aromatic heterocycles. The lowest BCUT2D eigenvalue weighted by Gasteiger charge is -2.32. The van der Waals surface area contributed by atoms with Crippen LogP contribution in [-0.2, 0) is 41.7 Å². The summed E-state index contributed by atoms with van der Waals surface area (Å²) in [4.78, 5) is 92.4. The van der Waals surface area contributed by atoms with E-state index in [1.165, 1.54) is 0 Å². The second-order valence-corrected chi connectivity index (χ2v) is 15.2. The highest BCUT2D eigenvalue weighted by Crippen LogP contribution is 2.17. The van der Waals surface area contributed by atoms with Gasteiger partial charge in [0, 0.05) is 83.9 Å². The van der Waals surface area contributed by atoms with Gasteiger partial charge in [0.1, 0.15) is 6.04 Å². The first-order valence-electron chi connectivity index (χ1n) is 20.4. The number of nitrogens with zero attached hydrogens (tertiary/aromatic N) is 4. The standard InChI is InChI=1S/C43H57N7O11/c51-37(27-47-16-18-48(28-39(54)55)20-22-50(30-41(58)59)23-21-49(19-17-47)29-40(56)57)45-26-31-9-13-34(14-10-31)42(60)46-36(43(61)44-15-5-1-2-8-38(52)53)25-32-11-12-33-6-3-4-7-35(33)24-32/h3-4,6-7,9-14,24,36H,1-2,5,8,15-23,25-30H2,(H,44,61)(H,45,51)(H,46,60)(H,52,53)(H,54,55)(H,56,57)(H,58,59). The number of carbonyl (C=O) groups is 7. The van der Waals surface area contributed by atoms with Crippen LogP contribution in [0.25, 0.3) is 10.8 Å². The van der Waals surface area contributed by atoms with E-state index in [0.717, 1.165) is 16.3 Å². The van der Waals surface area contributed by atoms with E-state index < -0.39 is 35.8 Å². The zero-order chi connectivity index (χ0) is 44.1. The SMILES string of the molecule is O=C(O)CCCCCNC(=O)C(Cc1ccc2ccccc2c1)NC(=O)c1ccc(CNC(=O)CN2CCN(CC(=O)O)CCN(CC(=O)O)CCN(CC(=O)O)CC2)cc1. The summed E-state index contributed by atoms with van der Waals surface area (Å²) in [5, 5.41) is 47.9. The molecule has 1 atom stereocenters. The van der Waals surface area contributed by atoms with Crippen molar-refractivity contribution in [3.8, 4) is 0 Å². The maximum absolute atomic E-state index is 13.5. The summed E-state index contributed by atoms with van der Waals surface area (Å²) in [6.07, 6.45) is 2.04. The maximum Gasteiger partial charge on any atom is 0.317 e. The van der Waals surface area contributed by atoms with Gasteiger partial charge in [0.15, 0.2) is 0 Å². The Bertz CT molecular complexity index is 1930. The molecule has 0 bridgehead atoms. The third-order valence-electron chi connectivity index (χ3n) is 10.3. The molecule has 1 saturated heterocycles. The number of nitrogens with one attached hydrogen (secondary N) is 3. The highest BCUT2D eigenvalue weighted by molar-refractivity contribution is 5.97. The van der Waals surface area contributed by atoms with E-state index in [-0.39, 0.29) is 96.6 Å². The second-order valence-electron chi connectivity index (χ2n) is 15.2. The van der Waals surface area contributed by atoms with Crippen molar-refractivity contribution < 1.29 is 54.0 Å². The number of amides is 3. The minimum atomic E-state index is -1.04. The number of aliphatic carboxylic acids is 4. The molecule has 0 aliphatic carbocycles. The van der Waals surface area contributed by atoms with E-state index in [9.17, 15) is 48.9 Å². The number of hydrogen-bond donors (Lipinski definition) is 7. The monoisotopic (exact) mass is 847 g/mol. The van der Waals surface area contributed by atoms with Gasteiger partial charge >= 0.3 is 23.9 Å². The first-order valence-corrected chi connectivity index (χ1v) is 20.4. The van der Waals surface area contributed by atoms with Crippen molar-refractivity contribution in [2.75, 3.05) is 85.1 Å². The van der Waals surface area contributed by atoms with Crippen molar-refractivity contribution in [1.82, 2.24) is 35.6 Å². The average molecular weight is 848 g/mol. The molecule has 18 nitrogen and oxygen atoms in total. The van der Waals surface area contributed by atoms with E-state index in [1.807, 2.05) is 47.4 Å². The Labute approximate surface area is 354 Å². The summed E-state index contributed by atoms with van der Waals surface area (Å²) in [5.41, 5.74) is 1.87. The van der Waals surface area contributed by atoms with Crippen LogP contribution in [0, 0.1) is 0 Å². The summed E-state index contributed by atoms with van der Waals surface area (Å²) in [6, 6.07) is 19.4. The predicted octanol–water partition coefficient (Wildman–Crippen LogP) is 1.03. The Balaban J connectivity index is 1.35. The van der Waals surface area contributed by atoms with Gasteiger partial charge < -0.3 is 36.4 Å². The van der Waals surface area contributed by atoms with Crippen LogP contribution >= 0.6 is 0 Å². The molecule has 1 aliphatic rings. The molecule has 7 N–H and O–H groups in total. The fraction of sp³-hybridized carbons (Fsp3) is 0.465. The van der Waals surface area contributed by atoms with E-state index in [0.29, 0.717) is 50.0 Å². The molecule has 3 aromatic rings. The van der Waals surface area contributed by atoms with Crippen LogP contribution in [-0.4, -0.2) is 173 Å². The van der Waals surface area contributed by atoms with Crippen molar-refractivity contribution in [3.63, 3.8) is 0 Å². The average Bonchev–Trinajstić information content (AvgIpc) is 3.21. The number of carboxylic acids is 4. The van der Waals surface area contributed by atoms with Crippen LogP contribution in [0.5, 0.6) is 0 Å². The van der Waals surface area contributed by atoms with Gasteiger partial charge in [-0.2, -0.15) is 0 Å². The lowest BCUT2D eigenvalue weighted by atomic mass is 10.0. The highest BCUT2D eigenvalue weighted by atomic mass is 16.4. The fourth-order valence-corrected chi connectivity index (χ4v) is 6.98. The number of fused-ring (bicyclic) bond motifs is 1. The van der Waals surface area contributed by atoms with Gasteiger partial charge in [0.05, 0.1) is 26.2 Å². The second kappa shape index (κ2) is 25.0. The van der Waals surface area contributed by atoms with Crippen LogP contribution in [0.3, 0.4) is 0 Å². The van der Waals surface area contributed by atoms with Crippen molar-refractivity contribution in [2.45, 2.75) is 44.7 Å². The van der Waals surface area contributed by atoms with Gasteiger partial charge in [0.25, 0.3) is 5.91 Å². The van der Waals surface area contributed by atoms with Crippen LogP contribution in [0.2, 0.25) is 0 Å². The van der Waals surface area contributed by atoms with Crippen molar-refractivity contribution in [1.29, 1.82) is 0 Å². The molecular weight excluding hydrogens is 791 g/mol. The Kier molecular flexibility index (Phi) is 19.5. The van der Waals surface area contributed by atoms with E-state index >= 15 is 0 Å². The molecule has 1 fully saturated rings. The smallest absolute Gasteiger partial charge is 0.317 e. The molecular formula is C43H57N7O11. The zero-order valence-electron chi connectivity index (χ0n) is 34.3. The number of unbranched alkanes of at least 4 members (excludes halogenated alkanes) is 2. The van der Waals surface area contributed by atoms with E-state index in [2.05, 4.69) is 16.0 Å². The Hall–Kier alpha value is -5.95. The molecule has 61 heavy (non-hydrogen) atoms. The third kappa shape index (κ3) is 18.1. The van der Waals surface area contributed by atoms with Crippen molar-refractivity contribution >= 4 is 52.4 Å². The molecule has 3 aromatic carbocycles. The van der Waals surface area contributed by atoms with Gasteiger partial charge in [-0.25, -0.2) is 0 Å². The first-order chi connectivity index (χ1) is 29.2. The summed E-state index contributed by atoms with van der Waals surface area (Å²) < 4.78 is 0. The molecule has 1 aliphatic heterocycles. The van der Waals surface area contributed by atoms with Crippen LogP contribution in [0.15, 0.2) is 66.7 Å². The first kappa shape index (κ1) is 47.7. The van der Waals surface area contributed by atoms with Gasteiger partial charge in [-0.3, -0.25) is 53.2 Å². The highest BCUT2D eigenvalue weighted by Gasteiger charge is 2.23. The molecule has 0 spiro atoms. The molecule has 18 heteroatoms. The van der Waals surface area contributed by atoms with Crippen LogP contribution in [0.1, 0.15) is 47.2 Å². The lowest BCUT2D eigenvalue weighted by Crippen LogP contribution is -2.49. The molecule has 0 saturated carbocycles. The number of hydrogen-bond acceptors (Lipinski definition) is 11. The van der Waals surface area contributed by atoms with Crippen molar-refractivity contribution in [2.24, 2.45) is 0 Å². The number of carbonyl (C=O) groups excluding carboxylic acids is 3. The fourth-order valence-electron chi connectivity index (χ4n) is 6.98. The summed E-state index contributed by atoms with van der Waals surface area (Å²) in [7, 11) is 0. The van der Waals surface area contributed by atoms with E-state index in [1.54, 1.807) is 39.0 Å². The van der Waals surface area contributed by atoms with Gasteiger partial charge in [-0.1, -0.05) is 61.0 Å². The van der Waals surface area contributed by atoms with Crippen LogP contribution in [0.4, 0.5) is 0 Å². The number of benzene rings is 3. The molecule has 330 valence electrons. The largest absolute Gasteiger partial charge is 0.481 e. The summed E-state index contributed by atoms with van der Waals surface area (Å²) in [5.74, 6) is -5.13. The molecule has 1 heterocycles. The topological polar surface area (TPSA) is 249 Å². The third-order valence-corrected chi connectivity index (χ3v) is 10.3. The molecule has 0 radical (unpaired) electrons. The quantitative estimate of drug-likeness (QED) is 0.0740. The van der Waals surface area contributed by atoms with Gasteiger partial charge in [0.2, 0.25) is 11.8 Å². The lowest BCUT2D eigenvalue weighted by molar-refractivity contribution is -0.140. The number of rotatable bonds is 21. The molecule has 1 unspecified atom stereocenters. The van der Waals surface area contributed by atoms with Crippen LogP contribution < -0.4 is 16.0 Å². The molecule has 4 rings (SSSR count). The number of carboxylic acid groups (broad SMARTS) is 4. The van der Waals surface area contributed by atoms with Gasteiger partial charge in [-0.05, 0) is 46.9 Å². The Morgan fingerprint density at radius 3 is 1.57 bits per heavy atom. The Morgan fingerprint density at radius 2 is 1.05 bits per heavy atom. The summed E-state index contributed by atoms with van der Waals surface area (Å²) in [6.45, 7) is 1.86. The van der Waals surface area contributed by atoms with Gasteiger partial charge in [-0.15, -0.1) is 0 Å². The molecule has 3 amide bonds. The maximum atomic E-state index is 13.5. The minimum absolute atomic E-state index is 0.0452. The Morgan fingerprint density at radius 1 is 0.541 bits per heavy atom.